The van der Waals surface area contributed by atoms with E-state index in [1.165, 1.54) is 0 Å². The van der Waals surface area contributed by atoms with Gasteiger partial charge in [0.1, 0.15) is 8.07 Å². The van der Waals surface area contributed by atoms with Gasteiger partial charge in [0.05, 0.1) is 12.7 Å². The van der Waals surface area contributed by atoms with Gasteiger partial charge in [-0.1, -0.05) is 56.6 Å². The van der Waals surface area contributed by atoms with Crippen molar-refractivity contribution in [2.45, 2.75) is 52.0 Å². The van der Waals surface area contributed by atoms with Gasteiger partial charge in [-0.15, -0.1) is 11.5 Å². The first kappa shape index (κ1) is 17.7. The van der Waals surface area contributed by atoms with Gasteiger partial charge < -0.3 is 9.47 Å². The minimum absolute atomic E-state index is 0.0348. The van der Waals surface area contributed by atoms with Crippen molar-refractivity contribution >= 4 is 8.07 Å². The minimum atomic E-state index is -1.30. The number of hydrogen-bond donors (Lipinski definition) is 0. The van der Waals surface area contributed by atoms with E-state index < -0.39 is 14.4 Å². The molecule has 0 fully saturated rings. The van der Waals surface area contributed by atoms with Crippen LogP contribution in [0.5, 0.6) is 0 Å². The molecule has 0 unspecified atom stereocenters. The molecule has 0 saturated heterocycles. The fourth-order valence-electron chi connectivity index (χ4n) is 1.65. The van der Waals surface area contributed by atoms with Gasteiger partial charge in [0, 0.05) is 6.42 Å². The zero-order chi connectivity index (χ0) is 15.7. The molecule has 2 nitrogen and oxygen atoms in total. The summed E-state index contributed by atoms with van der Waals surface area (Å²) in [5.41, 5.74) is 4.47. The van der Waals surface area contributed by atoms with Gasteiger partial charge in [0.15, 0.2) is 6.29 Å². The van der Waals surface area contributed by atoms with Crippen molar-refractivity contribution in [3.05, 3.63) is 48.6 Å². The van der Waals surface area contributed by atoms with Crippen molar-refractivity contribution in [2.75, 3.05) is 0 Å². The molecule has 0 aromatic heterocycles. The Hall–Kier alpha value is -1.34. The molecule has 21 heavy (non-hydrogen) atoms. The second-order valence-corrected chi connectivity index (χ2v) is 10.9. The van der Waals surface area contributed by atoms with Crippen LogP contribution in [0.3, 0.4) is 0 Å². The van der Waals surface area contributed by atoms with Crippen molar-refractivity contribution in [2.24, 2.45) is 0 Å². The van der Waals surface area contributed by atoms with Crippen molar-refractivity contribution in [3.8, 4) is 11.5 Å². The highest BCUT2D eigenvalue weighted by Gasteiger charge is 2.11. The van der Waals surface area contributed by atoms with E-state index in [0.717, 1.165) is 12.0 Å². The van der Waals surface area contributed by atoms with Crippen molar-refractivity contribution < 1.29 is 9.47 Å². The summed E-state index contributed by atoms with van der Waals surface area (Å²) >= 11 is 0. The molecule has 0 heterocycles. The summed E-state index contributed by atoms with van der Waals surface area (Å²) in [6.07, 6.45) is 2.05. The molecule has 1 rings (SSSR count). The normalized spacial score (nSPS) is 13.9. The van der Waals surface area contributed by atoms with E-state index in [2.05, 4.69) is 37.7 Å². The van der Waals surface area contributed by atoms with E-state index in [1.807, 2.05) is 37.3 Å². The standard InChI is InChI=1S/C18H26O2Si/c1-6-18(19-15-17-12-8-7-9-13-17)20-16(2)11-10-14-21(3,4)5/h6-9,12-13,16,18H,1,11,15H2,2-5H3/t16-,18+/m1/s1. The van der Waals surface area contributed by atoms with E-state index >= 15 is 0 Å². The van der Waals surface area contributed by atoms with E-state index in [9.17, 15) is 0 Å². The highest BCUT2D eigenvalue weighted by molar-refractivity contribution is 6.83. The van der Waals surface area contributed by atoms with Crippen LogP contribution in [0, 0.1) is 11.5 Å². The molecule has 0 N–H and O–H groups in total. The number of benzene rings is 1. The molecule has 0 aliphatic rings. The molecule has 0 bridgehead atoms. The zero-order valence-electron chi connectivity index (χ0n) is 13.6. The van der Waals surface area contributed by atoms with Gasteiger partial charge >= 0.3 is 0 Å². The predicted octanol–water partition coefficient (Wildman–Crippen LogP) is 4.39. The first-order valence-corrected chi connectivity index (χ1v) is 10.8. The van der Waals surface area contributed by atoms with E-state index in [-0.39, 0.29) is 6.10 Å². The average molecular weight is 302 g/mol. The maximum absolute atomic E-state index is 5.81. The smallest absolute Gasteiger partial charge is 0.177 e. The van der Waals surface area contributed by atoms with E-state index in [4.69, 9.17) is 9.47 Å². The van der Waals surface area contributed by atoms with Crippen molar-refractivity contribution in [1.82, 2.24) is 0 Å². The lowest BCUT2D eigenvalue weighted by Gasteiger charge is -2.19. The number of rotatable bonds is 7. The Morgan fingerprint density at radius 3 is 2.48 bits per heavy atom. The van der Waals surface area contributed by atoms with Gasteiger partial charge in [-0.25, -0.2) is 0 Å². The van der Waals surface area contributed by atoms with E-state index in [0.29, 0.717) is 6.61 Å². The fourth-order valence-corrected chi connectivity index (χ4v) is 2.28. The van der Waals surface area contributed by atoms with Crippen molar-refractivity contribution in [1.29, 1.82) is 0 Å². The Balaban J connectivity index is 2.39. The third kappa shape index (κ3) is 8.51. The van der Waals surface area contributed by atoms with Crippen LogP contribution >= 0.6 is 0 Å². The monoisotopic (exact) mass is 302 g/mol. The molecule has 0 amide bonds. The SMILES string of the molecule is C=C[C@@H](OCc1ccccc1)O[C@H](C)CC#C[Si](C)(C)C. The molecule has 0 saturated carbocycles. The maximum atomic E-state index is 5.81. The molecule has 3 heteroatoms. The largest absolute Gasteiger partial charge is 0.345 e. The Bertz CT molecular complexity index is 479. The first-order valence-electron chi connectivity index (χ1n) is 7.34. The molecule has 0 spiro atoms. The Kier molecular flexibility index (Phi) is 7.45. The third-order valence-corrected chi connectivity index (χ3v) is 3.60. The lowest BCUT2D eigenvalue weighted by Crippen LogP contribution is -2.21. The topological polar surface area (TPSA) is 18.5 Å². The molecule has 0 aliphatic carbocycles. The fraction of sp³-hybridized carbons (Fsp3) is 0.444. The summed E-state index contributed by atoms with van der Waals surface area (Å²) in [4.78, 5) is 0. The van der Waals surface area contributed by atoms with Crippen LogP contribution in [0.4, 0.5) is 0 Å². The lowest BCUT2D eigenvalue weighted by molar-refractivity contribution is -0.142. The Labute approximate surface area is 130 Å². The van der Waals surface area contributed by atoms with Gasteiger partial charge in [0.2, 0.25) is 0 Å². The average Bonchev–Trinajstić information content (AvgIpc) is 2.43. The lowest BCUT2D eigenvalue weighted by atomic mass is 10.2. The van der Waals surface area contributed by atoms with Crippen molar-refractivity contribution in [3.63, 3.8) is 0 Å². The molecule has 1 aromatic rings. The Morgan fingerprint density at radius 2 is 1.90 bits per heavy atom. The van der Waals surface area contributed by atoms with Gasteiger partial charge in [-0.3, -0.25) is 0 Å². The van der Waals surface area contributed by atoms with Crippen LogP contribution in [-0.4, -0.2) is 20.5 Å². The number of hydrogen-bond acceptors (Lipinski definition) is 2. The van der Waals surface area contributed by atoms with Crippen LogP contribution in [-0.2, 0) is 16.1 Å². The summed E-state index contributed by atoms with van der Waals surface area (Å²) < 4.78 is 11.5. The third-order valence-electron chi connectivity index (χ3n) is 2.67. The highest BCUT2D eigenvalue weighted by atomic mass is 28.3. The Morgan fingerprint density at radius 1 is 1.24 bits per heavy atom. The second kappa shape index (κ2) is 8.84. The van der Waals surface area contributed by atoms with Gasteiger partial charge in [-0.2, -0.15) is 0 Å². The quantitative estimate of drug-likeness (QED) is 0.322. The summed E-state index contributed by atoms with van der Waals surface area (Å²) in [6.45, 7) is 13.0. The maximum Gasteiger partial charge on any atom is 0.177 e. The molecular formula is C18H26O2Si. The molecule has 114 valence electrons. The minimum Gasteiger partial charge on any atom is -0.345 e. The zero-order valence-corrected chi connectivity index (χ0v) is 14.6. The van der Waals surface area contributed by atoms with Crippen LogP contribution in [0.15, 0.2) is 43.0 Å². The summed E-state index contributed by atoms with van der Waals surface area (Å²) in [5, 5.41) is 0. The summed E-state index contributed by atoms with van der Waals surface area (Å²) in [7, 11) is -1.30. The molecule has 0 radical (unpaired) electrons. The second-order valence-electron chi connectivity index (χ2n) is 6.10. The highest BCUT2D eigenvalue weighted by Crippen LogP contribution is 2.09. The molecule has 1 aromatic carbocycles. The van der Waals surface area contributed by atoms with Gasteiger partial charge in [-0.05, 0) is 18.6 Å². The van der Waals surface area contributed by atoms with Crippen LogP contribution in [0.25, 0.3) is 0 Å². The summed E-state index contributed by atoms with van der Waals surface area (Å²) in [6, 6.07) is 10.0. The molecule has 2 atom stereocenters. The van der Waals surface area contributed by atoms with Crippen LogP contribution in [0.1, 0.15) is 18.9 Å². The molecular weight excluding hydrogens is 276 g/mol. The predicted molar refractivity (Wildman–Crippen MR) is 91.5 cm³/mol. The van der Waals surface area contributed by atoms with Crippen LogP contribution < -0.4 is 0 Å². The molecule has 0 aliphatic heterocycles. The summed E-state index contributed by atoms with van der Waals surface area (Å²) in [5.74, 6) is 3.23. The van der Waals surface area contributed by atoms with Crippen LogP contribution in [0.2, 0.25) is 19.6 Å². The first-order chi connectivity index (χ1) is 9.90. The van der Waals surface area contributed by atoms with Gasteiger partial charge in [0.25, 0.3) is 0 Å². The van der Waals surface area contributed by atoms with E-state index in [1.54, 1.807) is 6.08 Å². The number of ether oxygens (including phenoxy) is 2.